The first-order chi connectivity index (χ1) is 15.1. The predicted molar refractivity (Wildman–Crippen MR) is 127 cm³/mol. The van der Waals surface area contributed by atoms with Gasteiger partial charge in [-0.25, -0.2) is 4.98 Å². The summed E-state index contributed by atoms with van der Waals surface area (Å²) < 4.78 is 5.50. The Morgan fingerprint density at radius 3 is 2.77 bits per heavy atom. The molecular formula is C23H29ClN6O. The SMILES string of the molecule is CN1/C(=N/Cc2cccc(Cl)c2)C2(CCNCC2)Nc2cnc(N3CCOCC3)cc21. The second kappa shape index (κ2) is 8.65. The number of anilines is 3. The maximum atomic E-state index is 6.20. The smallest absolute Gasteiger partial charge is 0.130 e. The van der Waals surface area contributed by atoms with E-state index in [4.69, 9.17) is 26.3 Å². The number of piperidine rings is 1. The number of rotatable bonds is 3. The lowest BCUT2D eigenvalue weighted by Gasteiger charge is -2.47. The van der Waals surface area contributed by atoms with E-state index < -0.39 is 0 Å². The third kappa shape index (κ3) is 4.10. The minimum Gasteiger partial charge on any atom is -0.378 e. The Morgan fingerprint density at radius 1 is 1.19 bits per heavy atom. The van der Waals surface area contributed by atoms with Crippen LogP contribution in [0.2, 0.25) is 5.02 Å². The lowest BCUT2D eigenvalue weighted by molar-refractivity contribution is 0.122. The molecule has 1 aromatic carbocycles. The number of fused-ring (bicyclic) bond motifs is 1. The third-order valence-electron chi connectivity index (χ3n) is 6.44. The van der Waals surface area contributed by atoms with Crippen LogP contribution in [0.4, 0.5) is 17.2 Å². The molecule has 8 heteroatoms. The number of morpholine rings is 1. The number of likely N-dealkylation sites (N-methyl/N-ethyl adjacent to an activating group) is 1. The summed E-state index contributed by atoms with van der Waals surface area (Å²) in [5.41, 5.74) is 3.12. The standard InChI is InChI=1S/C23H29ClN6O/c1-29-20-14-21(30-9-11-31-12-10-30)26-16-19(20)28-23(5-7-25-8-6-23)22(29)27-15-17-3-2-4-18(24)13-17/h2-4,13-14,16,25,28H,5-12,15H2,1H3/b27-22+. The van der Waals surface area contributed by atoms with Gasteiger partial charge in [-0.2, -0.15) is 0 Å². The summed E-state index contributed by atoms with van der Waals surface area (Å²) in [6, 6.07) is 10.1. The first-order valence-electron chi connectivity index (χ1n) is 11.0. The molecule has 0 radical (unpaired) electrons. The summed E-state index contributed by atoms with van der Waals surface area (Å²) in [7, 11) is 2.13. The molecule has 0 aliphatic carbocycles. The van der Waals surface area contributed by atoms with E-state index in [9.17, 15) is 0 Å². The molecule has 2 N–H and O–H groups in total. The number of aromatic nitrogens is 1. The van der Waals surface area contributed by atoms with Crippen molar-refractivity contribution in [3.8, 4) is 0 Å². The number of nitrogens with one attached hydrogen (secondary N) is 2. The largest absolute Gasteiger partial charge is 0.378 e. The van der Waals surface area contributed by atoms with Crippen LogP contribution in [0.25, 0.3) is 0 Å². The Bertz CT molecular complexity index is 968. The van der Waals surface area contributed by atoms with Gasteiger partial charge in [0.25, 0.3) is 0 Å². The maximum Gasteiger partial charge on any atom is 0.130 e. The van der Waals surface area contributed by atoms with Crippen LogP contribution in [0.15, 0.2) is 41.5 Å². The number of amidine groups is 1. The average molecular weight is 441 g/mol. The van der Waals surface area contributed by atoms with Gasteiger partial charge in [0.15, 0.2) is 0 Å². The quantitative estimate of drug-likeness (QED) is 0.764. The molecule has 0 saturated carbocycles. The maximum absolute atomic E-state index is 6.20. The summed E-state index contributed by atoms with van der Waals surface area (Å²) >= 11 is 6.20. The van der Waals surface area contributed by atoms with E-state index in [0.29, 0.717) is 6.54 Å². The minimum atomic E-state index is -0.187. The van der Waals surface area contributed by atoms with Crippen molar-refractivity contribution in [1.82, 2.24) is 10.3 Å². The highest BCUT2D eigenvalue weighted by molar-refractivity contribution is 6.30. The molecule has 0 unspecified atom stereocenters. The Hall–Kier alpha value is -2.35. The Labute approximate surface area is 188 Å². The molecular weight excluding hydrogens is 412 g/mol. The van der Waals surface area contributed by atoms with Crippen LogP contribution >= 0.6 is 11.6 Å². The van der Waals surface area contributed by atoms with Crippen LogP contribution in [0, 0.1) is 0 Å². The van der Waals surface area contributed by atoms with Crippen molar-refractivity contribution in [2.24, 2.45) is 4.99 Å². The molecule has 164 valence electrons. The van der Waals surface area contributed by atoms with Crippen molar-refractivity contribution in [2.75, 3.05) is 61.6 Å². The van der Waals surface area contributed by atoms with Gasteiger partial charge in [-0.3, -0.25) is 4.99 Å². The van der Waals surface area contributed by atoms with Crippen molar-refractivity contribution in [3.63, 3.8) is 0 Å². The molecule has 3 aliphatic heterocycles. The summed E-state index contributed by atoms with van der Waals surface area (Å²) in [5, 5.41) is 8.06. The van der Waals surface area contributed by atoms with E-state index >= 15 is 0 Å². The van der Waals surface area contributed by atoms with Gasteiger partial charge in [-0.05, 0) is 43.6 Å². The highest BCUT2D eigenvalue weighted by atomic mass is 35.5. The first kappa shape index (κ1) is 20.5. The van der Waals surface area contributed by atoms with Gasteiger partial charge in [0, 0.05) is 31.2 Å². The molecule has 0 atom stereocenters. The topological polar surface area (TPSA) is 65.0 Å². The van der Waals surface area contributed by atoms with Crippen LogP contribution in [-0.4, -0.2) is 62.8 Å². The fraction of sp³-hybridized carbons (Fsp3) is 0.478. The minimum absolute atomic E-state index is 0.187. The van der Waals surface area contributed by atoms with Crippen LogP contribution in [0.1, 0.15) is 18.4 Å². The molecule has 4 heterocycles. The fourth-order valence-corrected chi connectivity index (χ4v) is 5.00. The molecule has 7 nitrogen and oxygen atoms in total. The second-order valence-corrected chi connectivity index (χ2v) is 8.88. The van der Waals surface area contributed by atoms with Gasteiger partial charge < -0.3 is 25.2 Å². The van der Waals surface area contributed by atoms with E-state index in [-0.39, 0.29) is 5.54 Å². The number of benzene rings is 1. The molecule has 0 bridgehead atoms. The molecule has 5 rings (SSSR count). The van der Waals surface area contributed by atoms with E-state index in [2.05, 4.69) is 39.6 Å². The number of ether oxygens (including phenoxy) is 1. The second-order valence-electron chi connectivity index (χ2n) is 8.44. The lowest BCUT2D eigenvalue weighted by atomic mass is 9.84. The van der Waals surface area contributed by atoms with Crippen molar-refractivity contribution in [3.05, 3.63) is 47.1 Å². The van der Waals surface area contributed by atoms with Crippen molar-refractivity contribution in [1.29, 1.82) is 0 Å². The zero-order chi connectivity index (χ0) is 21.3. The number of nitrogens with zero attached hydrogens (tertiary/aromatic N) is 4. The summed E-state index contributed by atoms with van der Waals surface area (Å²) in [6.45, 7) is 5.76. The molecule has 2 saturated heterocycles. The normalized spacial score (nSPS) is 21.8. The molecule has 1 spiro atoms. The number of aliphatic imine (C=N–C) groups is 1. The predicted octanol–water partition coefficient (Wildman–Crippen LogP) is 3.15. The van der Waals surface area contributed by atoms with Crippen LogP contribution in [-0.2, 0) is 11.3 Å². The third-order valence-corrected chi connectivity index (χ3v) is 6.68. The van der Waals surface area contributed by atoms with Gasteiger partial charge in [0.1, 0.15) is 11.7 Å². The van der Waals surface area contributed by atoms with Crippen LogP contribution in [0.5, 0.6) is 0 Å². The number of hydrogen-bond donors (Lipinski definition) is 2. The zero-order valence-electron chi connectivity index (χ0n) is 17.9. The lowest BCUT2D eigenvalue weighted by Crippen LogP contribution is -2.60. The monoisotopic (exact) mass is 440 g/mol. The van der Waals surface area contributed by atoms with Gasteiger partial charge in [0.05, 0.1) is 42.9 Å². The highest BCUT2D eigenvalue weighted by Gasteiger charge is 2.43. The molecule has 3 aliphatic rings. The van der Waals surface area contributed by atoms with Crippen LogP contribution < -0.4 is 20.4 Å². The molecule has 2 aromatic rings. The van der Waals surface area contributed by atoms with Gasteiger partial charge in [-0.15, -0.1) is 0 Å². The zero-order valence-corrected chi connectivity index (χ0v) is 18.7. The van der Waals surface area contributed by atoms with Crippen molar-refractivity contribution < 1.29 is 4.74 Å². The van der Waals surface area contributed by atoms with E-state index in [0.717, 1.165) is 85.8 Å². The van der Waals surface area contributed by atoms with Gasteiger partial charge in [-0.1, -0.05) is 23.7 Å². The van der Waals surface area contributed by atoms with Crippen molar-refractivity contribution in [2.45, 2.75) is 24.9 Å². The Kier molecular flexibility index (Phi) is 5.73. The number of pyridine rings is 1. The summed E-state index contributed by atoms with van der Waals surface area (Å²) in [5.74, 6) is 2.08. The first-order valence-corrected chi connectivity index (χ1v) is 11.4. The number of hydrogen-bond acceptors (Lipinski definition) is 6. The molecule has 2 fully saturated rings. The van der Waals surface area contributed by atoms with E-state index in [1.165, 1.54) is 0 Å². The molecule has 1 aromatic heterocycles. The van der Waals surface area contributed by atoms with Gasteiger partial charge in [0.2, 0.25) is 0 Å². The fourth-order valence-electron chi connectivity index (χ4n) is 4.78. The summed E-state index contributed by atoms with van der Waals surface area (Å²) in [4.78, 5) is 14.4. The van der Waals surface area contributed by atoms with Gasteiger partial charge >= 0.3 is 0 Å². The molecule has 0 amide bonds. The van der Waals surface area contributed by atoms with Crippen molar-refractivity contribution >= 4 is 34.6 Å². The average Bonchev–Trinajstić information content (AvgIpc) is 2.80. The van der Waals surface area contributed by atoms with E-state index in [1.54, 1.807) is 0 Å². The Morgan fingerprint density at radius 2 is 2.00 bits per heavy atom. The van der Waals surface area contributed by atoms with E-state index in [1.807, 2.05) is 24.4 Å². The Balaban J connectivity index is 1.50. The number of halogens is 1. The highest BCUT2D eigenvalue weighted by Crippen LogP contribution is 2.40. The molecule has 31 heavy (non-hydrogen) atoms. The summed E-state index contributed by atoms with van der Waals surface area (Å²) in [6.07, 6.45) is 3.95. The van der Waals surface area contributed by atoms with Crippen LogP contribution in [0.3, 0.4) is 0 Å².